The van der Waals surface area contributed by atoms with Crippen molar-refractivity contribution in [3.05, 3.63) is 0 Å². The van der Waals surface area contributed by atoms with Gasteiger partial charge in [-0.3, -0.25) is 14.4 Å². The van der Waals surface area contributed by atoms with E-state index in [1.807, 2.05) is 55.4 Å². The first kappa shape index (κ1) is 27.7. The number of esters is 3. The lowest BCUT2D eigenvalue weighted by atomic mass is 9.73. The van der Waals surface area contributed by atoms with Gasteiger partial charge in [0.1, 0.15) is 17.3 Å². The molecular weight excluding hydrogens is 420 g/mol. The van der Waals surface area contributed by atoms with Gasteiger partial charge >= 0.3 is 17.9 Å². The van der Waals surface area contributed by atoms with Crippen molar-refractivity contribution >= 4 is 17.9 Å². The summed E-state index contributed by atoms with van der Waals surface area (Å²) in [6, 6.07) is 0. The molecule has 6 nitrogen and oxygen atoms in total. The van der Waals surface area contributed by atoms with Crippen LogP contribution < -0.4 is 0 Å². The average Bonchev–Trinajstić information content (AvgIpc) is 3.14. The maximum atomic E-state index is 13.3. The molecule has 2 bridgehead atoms. The summed E-state index contributed by atoms with van der Waals surface area (Å²) in [7, 11) is 0. The Kier molecular flexibility index (Phi) is 7.73. The second kappa shape index (κ2) is 9.22. The summed E-state index contributed by atoms with van der Waals surface area (Å²) >= 11 is 0. The van der Waals surface area contributed by atoms with Crippen LogP contribution in [0.5, 0.6) is 0 Å². The Labute approximate surface area is 200 Å². The van der Waals surface area contributed by atoms with E-state index in [1.165, 1.54) is 0 Å². The molecule has 33 heavy (non-hydrogen) atoms. The molecule has 6 unspecified atom stereocenters. The van der Waals surface area contributed by atoms with Crippen LogP contribution in [0.2, 0.25) is 0 Å². The summed E-state index contributed by atoms with van der Waals surface area (Å²) in [5.41, 5.74) is -1.92. The van der Waals surface area contributed by atoms with E-state index in [0.717, 1.165) is 0 Å². The summed E-state index contributed by atoms with van der Waals surface area (Å²) in [6.45, 7) is 21.3. The number of hydrogen-bond donors (Lipinski definition) is 0. The molecule has 2 aliphatic rings. The van der Waals surface area contributed by atoms with Gasteiger partial charge in [0.2, 0.25) is 0 Å². The van der Waals surface area contributed by atoms with E-state index in [9.17, 15) is 14.4 Å². The molecule has 2 rings (SSSR count). The minimum Gasteiger partial charge on any atom is -0.462 e. The van der Waals surface area contributed by atoms with Crippen molar-refractivity contribution < 1.29 is 28.6 Å². The predicted octanol–water partition coefficient (Wildman–Crippen LogP) is 5.71. The number of rotatable bonds is 6. The third-order valence-corrected chi connectivity index (χ3v) is 6.75. The Hall–Kier alpha value is -1.59. The lowest BCUT2D eigenvalue weighted by Crippen LogP contribution is -2.46. The van der Waals surface area contributed by atoms with E-state index in [-0.39, 0.29) is 35.3 Å². The Morgan fingerprint density at radius 1 is 0.758 bits per heavy atom. The van der Waals surface area contributed by atoms with E-state index in [0.29, 0.717) is 25.7 Å². The number of fused-ring (bicyclic) bond motifs is 2. The highest BCUT2D eigenvalue weighted by Crippen LogP contribution is 2.55. The number of carbonyl (C=O) groups is 3. The minimum atomic E-state index is -0.670. The lowest BCUT2D eigenvalue weighted by molar-refractivity contribution is -0.183. The number of ether oxygens (including phenoxy) is 3. The Morgan fingerprint density at radius 3 is 1.67 bits per heavy atom. The van der Waals surface area contributed by atoms with Gasteiger partial charge in [0, 0.05) is 5.92 Å². The zero-order valence-corrected chi connectivity index (χ0v) is 22.7. The maximum Gasteiger partial charge on any atom is 0.312 e. The molecule has 2 saturated carbocycles. The smallest absolute Gasteiger partial charge is 0.312 e. The van der Waals surface area contributed by atoms with Crippen molar-refractivity contribution in [1.82, 2.24) is 0 Å². The van der Waals surface area contributed by atoms with Crippen molar-refractivity contribution in [3.63, 3.8) is 0 Å². The molecule has 0 amide bonds. The molecule has 0 radical (unpaired) electrons. The molecule has 6 heteroatoms. The Morgan fingerprint density at radius 2 is 1.24 bits per heavy atom. The van der Waals surface area contributed by atoms with Crippen molar-refractivity contribution in [1.29, 1.82) is 0 Å². The summed E-state index contributed by atoms with van der Waals surface area (Å²) < 4.78 is 17.5. The average molecular weight is 467 g/mol. The van der Waals surface area contributed by atoms with Crippen LogP contribution in [-0.2, 0) is 28.6 Å². The highest BCUT2D eigenvalue weighted by atomic mass is 16.6. The highest BCUT2D eigenvalue weighted by Gasteiger charge is 2.61. The molecule has 0 aromatic heterocycles. The second-order valence-corrected chi connectivity index (χ2v) is 13.6. The van der Waals surface area contributed by atoms with Crippen LogP contribution in [-0.4, -0.2) is 35.2 Å². The third kappa shape index (κ3) is 6.95. The summed E-state index contributed by atoms with van der Waals surface area (Å²) in [4.78, 5) is 39.6. The first-order valence-electron chi connectivity index (χ1n) is 12.4. The topological polar surface area (TPSA) is 78.9 Å². The largest absolute Gasteiger partial charge is 0.462 e. The van der Waals surface area contributed by atoms with Crippen LogP contribution in [0.4, 0.5) is 0 Å². The molecule has 0 spiro atoms. The zero-order chi connectivity index (χ0) is 25.6. The molecule has 0 aliphatic heterocycles. The molecule has 0 heterocycles. The Balaban J connectivity index is 2.27. The van der Waals surface area contributed by atoms with Crippen LogP contribution in [0.1, 0.15) is 102 Å². The monoisotopic (exact) mass is 466 g/mol. The van der Waals surface area contributed by atoms with Gasteiger partial charge in [-0.2, -0.15) is 0 Å². The molecule has 0 saturated heterocycles. The van der Waals surface area contributed by atoms with Gasteiger partial charge in [0.05, 0.1) is 17.3 Å². The normalized spacial score (nSPS) is 29.4. The lowest BCUT2D eigenvalue weighted by Gasteiger charge is -2.38. The van der Waals surface area contributed by atoms with E-state index in [4.69, 9.17) is 14.2 Å². The fraction of sp³-hybridized carbons (Fsp3) is 0.889. The van der Waals surface area contributed by atoms with Crippen LogP contribution >= 0.6 is 0 Å². The van der Waals surface area contributed by atoms with E-state index in [1.54, 1.807) is 0 Å². The first-order valence-corrected chi connectivity index (χ1v) is 12.4. The predicted molar refractivity (Wildman–Crippen MR) is 127 cm³/mol. The van der Waals surface area contributed by atoms with Gasteiger partial charge in [0.25, 0.3) is 0 Å². The molecule has 0 aromatic carbocycles. The second-order valence-electron chi connectivity index (χ2n) is 13.6. The van der Waals surface area contributed by atoms with Crippen molar-refractivity contribution in [2.45, 2.75) is 119 Å². The van der Waals surface area contributed by atoms with Crippen LogP contribution in [0, 0.1) is 34.5 Å². The van der Waals surface area contributed by atoms with Crippen molar-refractivity contribution in [3.8, 4) is 0 Å². The van der Waals surface area contributed by atoms with Crippen LogP contribution in [0.25, 0.3) is 0 Å². The van der Waals surface area contributed by atoms with Crippen LogP contribution in [0.3, 0.4) is 0 Å². The summed E-state index contributed by atoms with van der Waals surface area (Å²) in [6.07, 6.45) is 2.25. The SMILES string of the molecule is CCC(C)(CC(C)(C)C)C(=O)OC1CC2CC1C(C(=O)OC(C)(C)C)C2C(=O)OC(C)(C)C. The zero-order valence-electron chi connectivity index (χ0n) is 22.7. The molecule has 2 fully saturated rings. The van der Waals surface area contributed by atoms with Gasteiger partial charge < -0.3 is 14.2 Å². The van der Waals surface area contributed by atoms with Gasteiger partial charge in [0.15, 0.2) is 0 Å². The summed E-state index contributed by atoms with van der Waals surface area (Å²) in [5, 5.41) is 0. The van der Waals surface area contributed by atoms with Gasteiger partial charge in [-0.05, 0) is 85.5 Å². The van der Waals surface area contributed by atoms with E-state index >= 15 is 0 Å². The standard InChI is InChI=1S/C27H46O6/c1-12-27(11,15-24(2,3)4)23(30)31-18-14-16-13-17(18)20(22(29)33-26(8,9)10)19(16)21(28)32-25(5,6)7/h16-20H,12-15H2,1-11H3. The van der Waals surface area contributed by atoms with Gasteiger partial charge in [-0.25, -0.2) is 0 Å². The van der Waals surface area contributed by atoms with Crippen molar-refractivity contribution in [2.24, 2.45) is 34.5 Å². The highest BCUT2D eigenvalue weighted by molar-refractivity contribution is 5.84. The number of carbonyl (C=O) groups excluding carboxylic acids is 3. The minimum absolute atomic E-state index is 0.0146. The van der Waals surface area contributed by atoms with Crippen LogP contribution in [0.15, 0.2) is 0 Å². The molecule has 6 atom stereocenters. The summed E-state index contributed by atoms with van der Waals surface area (Å²) in [5.74, 6) is -2.49. The maximum absolute atomic E-state index is 13.3. The third-order valence-electron chi connectivity index (χ3n) is 6.75. The Bertz CT molecular complexity index is 750. The fourth-order valence-electron chi connectivity index (χ4n) is 5.63. The molecule has 2 aliphatic carbocycles. The molecule has 190 valence electrons. The van der Waals surface area contributed by atoms with Gasteiger partial charge in [-0.15, -0.1) is 0 Å². The van der Waals surface area contributed by atoms with Gasteiger partial charge in [-0.1, -0.05) is 27.7 Å². The fourth-order valence-corrected chi connectivity index (χ4v) is 5.63. The van der Waals surface area contributed by atoms with E-state index in [2.05, 4.69) is 20.8 Å². The number of hydrogen-bond acceptors (Lipinski definition) is 6. The molecule has 0 aromatic rings. The first-order chi connectivity index (χ1) is 14.8. The molecular formula is C27H46O6. The quantitative estimate of drug-likeness (QED) is 0.369. The van der Waals surface area contributed by atoms with Crippen molar-refractivity contribution in [2.75, 3.05) is 0 Å². The van der Waals surface area contributed by atoms with E-state index < -0.39 is 34.4 Å². The molecule has 0 N–H and O–H groups in total.